The maximum Gasteiger partial charge on any atom is 0.108 e. The number of hydrogen-bond donors (Lipinski definition) is 0. The lowest BCUT2D eigenvalue weighted by Gasteiger charge is -2.07. The molecule has 3 heteroatoms. The van der Waals surface area contributed by atoms with E-state index >= 15 is 0 Å². The zero-order chi connectivity index (χ0) is 14.7. The van der Waals surface area contributed by atoms with Gasteiger partial charge in [-0.2, -0.15) is 0 Å². The van der Waals surface area contributed by atoms with E-state index < -0.39 is 0 Å². The van der Waals surface area contributed by atoms with E-state index in [4.69, 9.17) is 23.2 Å². The number of halogens is 2. The van der Waals surface area contributed by atoms with Gasteiger partial charge in [-0.15, -0.1) is 11.3 Å². The summed E-state index contributed by atoms with van der Waals surface area (Å²) in [5, 5.41) is 2.15. The summed E-state index contributed by atoms with van der Waals surface area (Å²) < 4.78 is 0.272. The van der Waals surface area contributed by atoms with Gasteiger partial charge >= 0.3 is 0 Å². The third-order valence-corrected chi connectivity index (χ3v) is 4.35. The smallest absolute Gasteiger partial charge is 0.108 e. The van der Waals surface area contributed by atoms with Crippen molar-refractivity contribution in [1.82, 2.24) is 0 Å². The van der Waals surface area contributed by atoms with Crippen LogP contribution in [0.5, 0.6) is 0 Å². The van der Waals surface area contributed by atoms with Crippen LogP contribution in [0.2, 0.25) is 0 Å². The minimum absolute atomic E-state index is 0.272. The van der Waals surface area contributed by atoms with Crippen LogP contribution in [-0.4, -0.2) is 0 Å². The summed E-state index contributed by atoms with van der Waals surface area (Å²) in [4.78, 5) is 1.07. The van der Waals surface area contributed by atoms with Crippen LogP contribution in [0.1, 0.15) is 4.88 Å². The van der Waals surface area contributed by atoms with E-state index in [1.807, 2.05) is 42.5 Å². The SMILES string of the molecule is ClC(Cl)=Cc1scc(-c2ccccc2)c1-c1ccccc1. The van der Waals surface area contributed by atoms with E-state index in [1.54, 1.807) is 11.3 Å². The van der Waals surface area contributed by atoms with E-state index in [1.165, 1.54) is 22.3 Å². The highest BCUT2D eigenvalue weighted by Gasteiger charge is 2.13. The summed E-state index contributed by atoms with van der Waals surface area (Å²) in [5.74, 6) is 0. The Labute approximate surface area is 138 Å². The number of hydrogen-bond acceptors (Lipinski definition) is 1. The third-order valence-electron chi connectivity index (χ3n) is 3.21. The lowest BCUT2D eigenvalue weighted by Crippen LogP contribution is -1.82. The van der Waals surface area contributed by atoms with Crippen LogP contribution < -0.4 is 0 Å². The van der Waals surface area contributed by atoms with Crippen molar-refractivity contribution >= 4 is 40.6 Å². The van der Waals surface area contributed by atoms with Gasteiger partial charge in [-0.1, -0.05) is 83.9 Å². The Bertz CT molecular complexity index is 754. The molecule has 0 aliphatic carbocycles. The second-order valence-electron chi connectivity index (χ2n) is 4.55. The highest BCUT2D eigenvalue weighted by molar-refractivity contribution is 7.12. The molecule has 0 nitrogen and oxygen atoms in total. The molecule has 0 aliphatic heterocycles. The van der Waals surface area contributed by atoms with Gasteiger partial charge in [0, 0.05) is 16.0 Å². The van der Waals surface area contributed by atoms with Gasteiger partial charge in [0.2, 0.25) is 0 Å². The maximum absolute atomic E-state index is 5.86. The van der Waals surface area contributed by atoms with E-state index in [-0.39, 0.29) is 4.49 Å². The maximum atomic E-state index is 5.86. The van der Waals surface area contributed by atoms with Crippen molar-refractivity contribution in [2.45, 2.75) is 0 Å². The average Bonchev–Trinajstić information content (AvgIpc) is 2.92. The van der Waals surface area contributed by atoms with Crippen LogP contribution >= 0.6 is 34.5 Å². The van der Waals surface area contributed by atoms with E-state index in [0.717, 1.165) is 4.88 Å². The Balaban J connectivity index is 2.23. The lowest BCUT2D eigenvalue weighted by molar-refractivity contribution is 1.63. The van der Waals surface area contributed by atoms with Gasteiger partial charge in [0.15, 0.2) is 0 Å². The minimum atomic E-state index is 0.272. The van der Waals surface area contributed by atoms with Crippen molar-refractivity contribution in [2.24, 2.45) is 0 Å². The summed E-state index contributed by atoms with van der Waals surface area (Å²) >= 11 is 13.4. The first-order valence-corrected chi connectivity index (χ1v) is 8.14. The quantitative estimate of drug-likeness (QED) is 0.492. The van der Waals surface area contributed by atoms with Gasteiger partial charge in [-0.05, 0) is 22.6 Å². The second kappa shape index (κ2) is 6.48. The second-order valence-corrected chi connectivity index (χ2v) is 6.47. The molecule has 0 saturated carbocycles. The van der Waals surface area contributed by atoms with Crippen LogP contribution in [-0.2, 0) is 0 Å². The van der Waals surface area contributed by atoms with Gasteiger partial charge in [-0.3, -0.25) is 0 Å². The molecule has 104 valence electrons. The fourth-order valence-electron chi connectivity index (χ4n) is 2.31. The Morgan fingerprint density at radius 2 is 1.38 bits per heavy atom. The van der Waals surface area contributed by atoms with Crippen LogP contribution in [0, 0.1) is 0 Å². The molecule has 0 aliphatic rings. The van der Waals surface area contributed by atoms with Crippen LogP contribution in [0.25, 0.3) is 28.3 Å². The summed E-state index contributed by atoms with van der Waals surface area (Å²) in [7, 11) is 0. The molecule has 3 aromatic rings. The molecule has 0 unspecified atom stereocenters. The Morgan fingerprint density at radius 3 is 1.95 bits per heavy atom. The van der Waals surface area contributed by atoms with Crippen molar-refractivity contribution in [1.29, 1.82) is 0 Å². The zero-order valence-electron chi connectivity index (χ0n) is 11.1. The van der Waals surface area contributed by atoms with Gasteiger partial charge in [-0.25, -0.2) is 0 Å². The normalized spacial score (nSPS) is 10.4. The monoisotopic (exact) mass is 330 g/mol. The molecule has 1 aromatic heterocycles. The van der Waals surface area contributed by atoms with Gasteiger partial charge in [0.05, 0.1) is 0 Å². The Morgan fingerprint density at radius 1 is 0.810 bits per heavy atom. The van der Waals surface area contributed by atoms with Crippen LogP contribution in [0.3, 0.4) is 0 Å². The predicted molar refractivity (Wildman–Crippen MR) is 94.9 cm³/mol. The molecule has 0 N–H and O–H groups in total. The van der Waals surface area contributed by atoms with Gasteiger partial charge in [0.25, 0.3) is 0 Å². The fraction of sp³-hybridized carbons (Fsp3) is 0. The fourth-order valence-corrected chi connectivity index (χ4v) is 3.69. The highest BCUT2D eigenvalue weighted by atomic mass is 35.5. The first-order chi connectivity index (χ1) is 10.3. The number of benzene rings is 2. The molecule has 0 saturated heterocycles. The average molecular weight is 331 g/mol. The summed E-state index contributed by atoms with van der Waals surface area (Å²) in [5.41, 5.74) is 4.73. The molecule has 1 heterocycles. The minimum Gasteiger partial charge on any atom is -0.143 e. The first kappa shape index (κ1) is 14.4. The molecule has 0 bridgehead atoms. The topological polar surface area (TPSA) is 0 Å². The van der Waals surface area contributed by atoms with Crippen molar-refractivity contribution in [3.63, 3.8) is 0 Å². The standard InChI is InChI=1S/C18H12Cl2S/c19-17(20)11-16-18(14-9-5-2-6-10-14)15(12-21-16)13-7-3-1-4-8-13/h1-12H. The third kappa shape index (κ3) is 3.21. The summed E-state index contributed by atoms with van der Waals surface area (Å²) in [6, 6.07) is 20.7. The van der Waals surface area contributed by atoms with Crippen molar-refractivity contribution in [2.75, 3.05) is 0 Å². The van der Waals surface area contributed by atoms with E-state index in [2.05, 4.69) is 29.6 Å². The lowest BCUT2D eigenvalue weighted by atomic mass is 9.97. The van der Waals surface area contributed by atoms with Crippen molar-refractivity contribution in [3.8, 4) is 22.3 Å². The molecule has 0 amide bonds. The molecule has 3 rings (SSSR count). The molecular weight excluding hydrogens is 319 g/mol. The Hall–Kier alpha value is -1.54. The summed E-state index contributed by atoms with van der Waals surface area (Å²) in [6.45, 7) is 0. The van der Waals surface area contributed by atoms with Gasteiger partial charge in [0.1, 0.15) is 4.49 Å². The zero-order valence-corrected chi connectivity index (χ0v) is 13.4. The molecule has 0 atom stereocenters. The highest BCUT2D eigenvalue weighted by Crippen LogP contribution is 2.40. The van der Waals surface area contributed by atoms with E-state index in [0.29, 0.717) is 0 Å². The predicted octanol–water partition coefficient (Wildman–Crippen LogP) is 6.86. The number of rotatable bonds is 3. The first-order valence-electron chi connectivity index (χ1n) is 6.51. The van der Waals surface area contributed by atoms with Crippen LogP contribution in [0.15, 0.2) is 70.5 Å². The molecule has 21 heavy (non-hydrogen) atoms. The summed E-state index contributed by atoms with van der Waals surface area (Å²) in [6.07, 6.45) is 1.81. The number of thiophene rings is 1. The van der Waals surface area contributed by atoms with Crippen LogP contribution in [0.4, 0.5) is 0 Å². The van der Waals surface area contributed by atoms with Crippen molar-refractivity contribution < 1.29 is 0 Å². The van der Waals surface area contributed by atoms with Crippen molar-refractivity contribution in [3.05, 3.63) is 75.4 Å². The molecule has 0 spiro atoms. The largest absolute Gasteiger partial charge is 0.143 e. The Kier molecular flexibility index (Phi) is 4.45. The molecule has 0 radical (unpaired) electrons. The molecular formula is C18H12Cl2S. The molecule has 0 fully saturated rings. The van der Waals surface area contributed by atoms with Gasteiger partial charge < -0.3 is 0 Å². The van der Waals surface area contributed by atoms with E-state index in [9.17, 15) is 0 Å². The molecule has 2 aromatic carbocycles.